The van der Waals surface area contributed by atoms with Gasteiger partial charge in [-0.15, -0.1) is 0 Å². The Balaban J connectivity index is 1.88. The van der Waals surface area contributed by atoms with E-state index in [2.05, 4.69) is 98.5 Å². The van der Waals surface area contributed by atoms with E-state index in [1.807, 2.05) is 0 Å². The van der Waals surface area contributed by atoms with Crippen LogP contribution in [0.25, 0.3) is 10.8 Å². The largest absolute Gasteiger partial charge is 0.324 e. The van der Waals surface area contributed by atoms with Gasteiger partial charge in [0.2, 0.25) is 0 Å². The molecule has 2 nitrogen and oxygen atoms in total. The lowest BCUT2D eigenvalue weighted by Crippen LogP contribution is -2.34. The maximum absolute atomic E-state index is 5.18. The van der Waals surface area contributed by atoms with Crippen molar-refractivity contribution in [1.29, 1.82) is 0 Å². The van der Waals surface area contributed by atoms with Gasteiger partial charge in [-0.1, -0.05) is 81.4 Å². The molecule has 1 aliphatic rings. The average molecular weight is 328 g/mol. The maximum atomic E-state index is 5.18. The molecule has 0 saturated carbocycles. The number of hydrogen-bond acceptors (Lipinski definition) is 2. The summed E-state index contributed by atoms with van der Waals surface area (Å²) in [4.78, 5) is 7.55. The van der Waals surface area contributed by atoms with Crippen molar-refractivity contribution in [1.82, 2.24) is 0 Å². The van der Waals surface area contributed by atoms with Gasteiger partial charge in [0, 0.05) is 17.8 Å². The summed E-state index contributed by atoms with van der Waals surface area (Å²) >= 11 is 0. The Bertz CT molecular complexity index is 914. The molecule has 0 bridgehead atoms. The molecule has 0 unspecified atom stereocenters. The summed E-state index contributed by atoms with van der Waals surface area (Å²) in [6, 6.07) is 25.9. The zero-order valence-corrected chi connectivity index (χ0v) is 15.1. The Kier molecular flexibility index (Phi) is 3.84. The summed E-state index contributed by atoms with van der Waals surface area (Å²) in [5.41, 5.74) is 2.56. The van der Waals surface area contributed by atoms with Crippen LogP contribution in [-0.4, -0.2) is 18.4 Å². The first-order valence-corrected chi connectivity index (χ1v) is 8.92. The highest BCUT2D eigenvalue weighted by Gasteiger charge is 2.34. The fourth-order valence-corrected chi connectivity index (χ4v) is 3.46. The van der Waals surface area contributed by atoms with Crippen LogP contribution in [0.1, 0.15) is 26.3 Å². The second kappa shape index (κ2) is 6.03. The van der Waals surface area contributed by atoms with E-state index in [0.717, 1.165) is 12.4 Å². The molecule has 3 aromatic rings. The van der Waals surface area contributed by atoms with Crippen molar-refractivity contribution >= 4 is 22.3 Å². The molecular formula is C23H24N2. The Morgan fingerprint density at radius 3 is 2.28 bits per heavy atom. The van der Waals surface area contributed by atoms with E-state index in [1.165, 1.54) is 22.0 Å². The molecule has 0 aromatic heterocycles. The number of hydrogen-bond donors (Lipinski definition) is 0. The highest BCUT2D eigenvalue weighted by molar-refractivity contribution is 6.18. The molecule has 0 N–H and O–H groups in total. The topological polar surface area (TPSA) is 15.6 Å². The number of aliphatic imine (C=N–C) groups is 1. The van der Waals surface area contributed by atoms with E-state index in [0.29, 0.717) is 0 Å². The lowest BCUT2D eigenvalue weighted by atomic mass is 9.87. The SMILES string of the molecule is CC(C)(C)[C@H]1CN(c2ccccc2)C(c2cccc3ccccc23)=N1. The van der Waals surface area contributed by atoms with E-state index in [-0.39, 0.29) is 11.5 Å². The molecule has 4 rings (SSSR count). The van der Waals surface area contributed by atoms with Crippen LogP contribution in [0.3, 0.4) is 0 Å². The molecule has 1 heterocycles. The third kappa shape index (κ3) is 2.93. The normalized spacial score (nSPS) is 17.8. The number of para-hydroxylation sites is 1. The predicted octanol–water partition coefficient (Wildman–Crippen LogP) is 5.52. The van der Waals surface area contributed by atoms with Crippen molar-refractivity contribution in [2.75, 3.05) is 11.4 Å². The first-order chi connectivity index (χ1) is 12.0. The summed E-state index contributed by atoms with van der Waals surface area (Å²) in [5, 5.41) is 2.52. The Morgan fingerprint density at radius 2 is 1.52 bits per heavy atom. The Labute approximate surface area is 149 Å². The average Bonchev–Trinajstić information content (AvgIpc) is 3.07. The van der Waals surface area contributed by atoms with Gasteiger partial charge in [-0.2, -0.15) is 0 Å². The highest BCUT2D eigenvalue weighted by atomic mass is 15.3. The van der Waals surface area contributed by atoms with Crippen molar-refractivity contribution in [2.45, 2.75) is 26.8 Å². The van der Waals surface area contributed by atoms with Crippen LogP contribution in [-0.2, 0) is 0 Å². The van der Waals surface area contributed by atoms with Crippen LogP contribution >= 0.6 is 0 Å². The highest BCUT2D eigenvalue weighted by Crippen LogP contribution is 2.33. The number of amidine groups is 1. The van der Waals surface area contributed by atoms with Gasteiger partial charge in [-0.3, -0.25) is 4.99 Å². The third-order valence-electron chi connectivity index (χ3n) is 4.99. The monoisotopic (exact) mass is 328 g/mol. The molecule has 0 saturated heterocycles. The van der Waals surface area contributed by atoms with Crippen LogP contribution in [0, 0.1) is 5.41 Å². The first kappa shape index (κ1) is 15.9. The fraction of sp³-hybridized carbons (Fsp3) is 0.261. The van der Waals surface area contributed by atoms with Gasteiger partial charge in [0.1, 0.15) is 5.84 Å². The van der Waals surface area contributed by atoms with Gasteiger partial charge in [0.25, 0.3) is 0 Å². The second-order valence-corrected chi connectivity index (χ2v) is 7.81. The van der Waals surface area contributed by atoms with Crippen LogP contribution in [0.4, 0.5) is 5.69 Å². The number of anilines is 1. The maximum Gasteiger partial charge on any atom is 0.136 e. The van der Waals surface area contributed by atoms with E-state index < -0.39 is 0 Å². The number of fused-ring (bicyclic) bond motifs is 1. The minimum atomic E-state index is 0.138. The fourth-order valence-electron chi connectivity index (χ4n) is 3.46. The van der Waals surface area contributed by atoms with Gasteiger partial charge in [-0.05, 0) is 28.3 Å². The molecule has 1 aliphatic heterocycles. The molecule has 1 atom stereocenters. The molecule has 126 valence electrons. The minimum absolute atomic E-state index is 0.138. The zero-order valence-electron chi connectivity index (χ0n) is 15.1. The number of benzene rings is 3. The first-order valence-electron chi connectivity index (χ1n) is 8.92. The van der Waals surface area contributed by atoms with Gasteiger partial charge < -0.3 is 4.90 Å². The Morgan fingerprint density at radius 1 is 0.840 bits per heavy atom. The van der Waals surface area contributed by atoms with Crippen molar-refractivity contribution in [3.8, 4) is 0 Å². The van der Waals surface area contributed by atoms with E-state index in [1.54, 1.807) is 0 Å². The zero-order chi connectivity index (χ0) is 17.4. The molecule has 0 amide bonds. The van der Waals surface area contributed by atoms with Crippen molar-refractivity contribution < 1.29 is 0 Å². The lowest BCUT2D eigenvalue weighted by molar-refractivity contribution is 0.337. The van der Waals surface area contributed by atoms with Crippen LogP contribution in [0.5, 0.6) is 0 Å². The molecular weight excluding hydrogens is 304 g/mol. The van der Waals surface area contributed by atoms with Crippen molar-refractivity contribution in [2.24, 2.45) is 10.4 Å². The van der Waals surface area contributed by atoms with E-state index >= 15 is 0 Å². The summed E-state index contributed by atoms with van der Waals surface area (Å²) < 4.78 is 0. The number of nitrogens with zero attached hydrogens (tertiary/aromatic N) is 2. The quantitative estimate of drug-likeness (QED) is 0.604. The van der Waals surface area contributed by atoms with Gasteiger partial charge in [0.05, 0.1) is 6.04 Å². The summed E-state index contributed by atoms with van der Waals surface area (Å²) in [6.45, 7) is 7.75. The van der Waals surface area contributed by atoms with E-state index in [4.69, 9.17) is 4.99 Å². The molecule has 0 spiro atoms. The minimum Gasteiger partial charge on any atom is -0.324 e. The van der Waals surface area contributed by atoms with Crippen LogP contribution < -0.4 is 4.90 Å². The summed E-state index contributed by atoms with van der Waals surface area (Å²) in [5.74, 6) is 1.09. The van der Waals surface area contributed by atoms with Gasteiger partial charge >= 0.3 is 0 Å². The smallest absolute Gasteiger partial charge is 0.136 e. The van der Waals surface area contributed by atoms with Gasteiger partial charge in [0.15, 0.2) is 0 Å². The van der Waals surface area contributed by atoms with Crippen LogP contribution in [0.15, 0.2) is 77.8 Å². The van der Waals surface area contributed by atoms with E-state index in [9.17, 15) is 0 Å². The second-order valence-electron chi connectivity index (χ2n) is 7.81. The van der Waals surface area contributed by atoms with Crippen LogP contribution in [0.2, 0.25) is 0 Å². The predicted molar refractivity (Wildman–Crippen MR) is 108 cm³/mol. The molecule has 25 heavy (non-hydrogen) atoms. The van der Waals surface area contributed by atoms with Crippen molar-refractivity contribution in [3.63, 3.8) is 0 Å². The molecule has 0 fully saturated rings. The lowest BCUT2D eigenvalue weighted by Gasteiger charge is -2.26. The summed E-state index contributed by atoms with van der Waals surface area (Å²) in [7, 11) is 0. The summed E-state index contributed by atoms with van der Waals surface area (Å²) in [6.07, 6.45) is 0. The molecule has 2 heteroatoms. The van der Waals surface area contributed by atoms with Gasteiger partial charge in [-0.25, -0.2) is 0 Å². The molecule has 3 aromatic carbocycles. The molecule has 0 radical (unpaired) electrons. The number of rotatable bonds is 2. The standard InChI is InChI=1S/C23H24N2/c1-23(2,3)21-16-25(18-12-5-4-6-13-18)22(24-21)20-15-9-11-17-10-7-8-14-19(17)20/h4-15,21H,16H2,1-3H3/t21-/m1/s1. The molecule has 0 aliphatic carbocycles. The third-order valence-corrected chi connectivity index (χ3v) is 4.99. The van der Waals surface area contributed by atoms with Crippen molar-refractivity contribution in [3.05, 3.63) is 78.4 Å². The Hall–Kier alpha value is -2.61.